The van der Waals surface area contributed by atoms with Crippen molar-refractivity contribution in [2.24, 2.45) is 5.73 Å². The summed E-state index contributed by atoms with van der Waals surface area (Å²) in [5, 5.41) is 9.10. The molecule has 7 heteroatoms. The van der Waals surface area contributed by atoms with Gasteiger partial charge in [0.2, 0.25) is 0 Å². The topological polar surface area (TPSA) is 95.8 Å². The van der Waals surface area contributed by atoms with Gasteiger partial charge in [0.05, 0.1) is 10.3 Å². The number of carbonyl (C=O) groups excluding carboxylic acids is 1. The zero-order valence-electron chi connectivity index (χ0n) is 15.3. The number of primary amides is 1. The van der Waals surface area contributed by atoms with Gasteiger partial charge in [0.15, 0.2) is 0 Å². The van der Waals surface area contributed by atoms with Gasteiger partial charge in [-0.15, -0.1) is 11.3 Å². The summed E-state index contributed by atoms with van der Waals surface area (Å²) in [7, 11) is 0. The number of nitrogens with two attached hydrogens (primary N) is 1. The van der Waals surface area contributed by atoms with Crippen LogP contribution in [-0.2, 0) is 0 Å². The highest BCUT2D eigenvalue weighted by atomic mass is 32.1. The van der Waals surface area contributed by atoms with E-state index in [1.165, 1.54) is 5.39 Å². The summed E-state index contributed by atoms with van der Waals surface area (Å²) in [4.78, 5) is 20.8. The number of pyridine rings is 1. The molecular weight excluding hydrogens is 370 g/mol. The number of amides is 1. The number of nitrogens with zero attached hydrogens (tertiary/aromatic N) is 1. The van der Waals surface area contributed by atoms with Crippen LogP contribution in [0.4, 0.5) is 5.82 Å². The van der Waals surface area contributed by atoms with Crippen LogP contribution < -0.4 is 16.4 Å². The molecular formula is C21H21N5OS. The maximum Gasteiger partial charge on any atom is 0.251 e. The standard InChI is InChI=1S/C21H21N5OS/c22-20(27)16-11-25-21(26-14-2-1-6-23-10-14)15-9-18(28-19(15)16)13-4-3-12-5-7-24-17(12)8-13/h3-5,7-9,11,14,23-24H,1-2,6,10H2,(H2,22,27)(H,25,26)/t14-/m0/s1. The van der Waals surface area contributed by atoms with Crippen LogP contribution in [0.1, 0.15) is 23.2 Å². The van der Waals surface area contributed by atoms with Crippen molar-refractivity contribution in [3.63, 3.8) is 0 Å². The summed E-state index contributed by atoms with van der Waals surface area (Å²) in [6.45, 7) is 1.98. The molecule has 1 aromatic carbocycles. The average molecular weight is 392 g/mol. The number of aromatic nitrogens is 2. The third-order valence-corrected chi connectivity index (χ3v) is 6.51. The van der Waals surface area contributed by atoms with E-state index in [1.807, 2.05) is 6.20 Å². The lowest BCUT2D eigenvalue weighted by atomic mass is 10.1. The van der Waals surface area contributed by atoms with Gasteiger partial charge in [0.25, 0.3) is 5.91 Å². The Bertz CT molecular complexity index is 1170. The fraction of sp³-hybridized carbons (Fsp3) is 0.238. The minimum absolute atomic E-state index is 0.336. The number of carbonyl (C=O) groups is 1. The van der Waals surface area contributed by atoms with Crippen LogP contribution in [0.2, 0.25) is 0 Å². The van der Waals surface area contributed by atoms with Crippen LogP contribution in [-0.4, -0.2) is 35.0 Å². The number of fused-ring (bicyclic) bond motifs is 2. The second-order valence-electron chi connectivity index (χ2n) is 7.21. The Hall–Kier alpha value is -2.90. The molecule has 5 rings (SSSR count). The number of piperidine rings is 1. The number of H-pyrrole nitrogens is 1. The molecule has 0 unspecified atom stereocenters. The van der Waals surface area contributed by atoms with Crippen molar-refractivity contribution in [1.29, 1.82) is 0 Å². The number of hydrogen-bond donors (Lipinski definition) is 4. The molecule has 1 aliphatic rings. The molecule has 142 valence electrons. The Balaban J connectivity index is 1.61. The first-order chi connectivity index (χ1) is 13.7. The Morgan fingerprint density at radius 1 is 1.29 bits per heavy atom. The first-order valence-electron chi connectivity index (χ1n) is 9.46. The molecule has 1 aliphatic heterocycles. The molecule has 1 amide bonds. The van der Waals surface area contributed by atoms with E-state index in [9.17, 15) is 4.79 Å². The van der Waals surface area contributed by atoms with E-state index in [4.69, 9.17) is 5.73 Å². The normalized spacial score (nSPS) is 17.2. The van der Waals surface area contributed by atoms with E-state index in [0.29, 0.717) is 11.6 Å². The SMILES string of the molecule is NC(=O)c1cnc(N[C@H]2CCCNC2)c2cc(-c3ccc4cc[nH]c4c3)sc12. The maximum absolute atomic E-state index is 12.0. The number of benzene rings is 1. The highest BCUT2D eigenvalue weighted by Gasteiger charge is 2.19. The van der Waals surface area contributed by atoms with Gasteiger partial charge in [-0.2, -0.15) is 0 Å². The number of anilines is 1. The number of rotatable bonds is 4. The highest BCUT2D eigenvalue weighted by molar-refractivity contribution is 7.22. The van der Waals surface area contributed by atoms with Crippen LogP contribution in [0.3, 0.4) is 0 Å². The molecule has 28 heavy (non-hydrogen) atoms. The lowest BCUT2D eigenvalue weighted by molar-refractivity contribution is 0.100. The molecule has 4 aromatic rings. The van der Waals surface area contributed by atoms with E-state index in [-0.39, 0.29) is 0 Å². The van der Waals surface area contributed by atoms with Crippen LogP contribution in [0, 0.1) is 0 Å². The summed E-state index contributed by atoms with van der Waals surface area (Å²) in [6.07, 6.45) is 5.78. The first kappa shape index (κ1) is 17.2. The predicted octanol–water partition coefficient (Wildman–Crippen LogP) is 3.71. The lowest BCUT2D eigenvalue weighted by Crippen LogP contribution is -2.38. The Labute approximate surface area is 166 Å². The molecule has 1 atom stereocenters. The third kappa shape index (κ3) is 3.02. The molecule has 5 N–H and O–H groups in total. The maximum atomic E-state index is 12.0. The van der Waals surface area contributed by atoms with Gasteiger partial charge < -0.3 is 21.4 Å². The molecule has 3 aromatic heterocycles. The van der Waals surface area contributed by atoms with Crippen LogP contribution >= 0.6 is 11.3 Å². The molecule has 0 saturated carbocycles. The molecule has 1 saturated heterocycles. The van der Waals surface area contributed by atoms with E-state index in [0.717, 1.165) is 57.8 Å². The fourth-order valence-corrected chi connectivity index (χ4v) is 5.00. The van der Waals surface area contributed by atoms with Gasteiger partial charge in [-0.3, -0.25) is 4.79 Å². The Kier molecular flexibility index (Phi) is 4.26. The number of thiophene rings is 1. The zero-order chi connectivity index (χ0) is 19.1. The monoisotopic (exact) mass is 391 g/mol. The van der Waals surface area contributed by atoms with Gasteiger partial charge in [-0.25, -0.2) is 4.98 Å². The summed E-state index contributed by atoms with van der Waals surface area (Å²) in [6, 6.07) is 10.8. The number of aromatic amines is 1. The van der Waals surface area contributed by atoms with Crippen molar-refractivity contribution < 1.29 is 4.79 Å². The minimum Gasteiger partial charge on any atom is -0.366 e. The largest absolute Gasteiger partial charge is 0.366 e. The third-order valence-electron chi connectivity index (χ3n) is 5.30. The second kappa shape index (κ2) is 6.92. The van der Waals surface area contributed by atoms with Gasteiger partial charge in [0.1, 0.15) is 5.82 Å². The Morgan fingerprint density at radius 2 is 2.21 bits per heavy atom. The van der Waals surface area contributed by atoms with Gasteiger partial charge in [-0.05, 0) is 48.5 Å². The van der Waals surface area contributed by atoms with Crippen LogP contribution in [0.15, 0.2) is 42.7 Å². The Morgan fingerprint density at radius 3 is 3.04 bits per heavy atom. The van der Waals surface area contributed by atoms with Crippen molar-refractivity contribution >= 4 is 44.1 Å². The summed E-state index contributed by atoms with van der Waals surface area (Å²) in [5.41, 5.74) is 8.29. The van der Waals surface area contributed by atoms with Gasteiger partial charge >= 0.3 is 0 Å². The van der Waals surface area contributed by atoms with Crippen molar-refractivity contribution in [3.05, 3.63) is 48.3 Å². The van der Waals surface area contributed by atoms with Crippen molar-refractivity contribution in [2.45, 2.75) is 18.9 Å². The molecule has 6 nitrogen and oxygen atoms in total. The first-order valence-corrected chi connectivity index (χ1v) is 10.3. The number of nitrogens with one attached hydrogen (secondary N) is 3. The predicted molar refractivity (Wildman–Crippen MR) is 115 cm³/mol. The molecule has 4 heterocycles. The van der Waals surface area contributed by atoms with Crippen LogP contribution in [0.25, 0.3) is 31.4 Å². The smallest absolute Gasteiger partial charge is 0.251 e. The fourth-order valence-electron chi connectivity index (χ4n) is 3.83. The lowest BCUT2D eigenvalue weighted by Gasteiger charge is -2.24. The van der Waals surface area contributed by atoms with E-state index < -0.39 is 5.91 Å². The zero-order valence-corrected chi connectivity index (χ0v) is 16.1. The summed E-state index contributed by atoms with van der Waals surface area (Å²) < 4.78 is 0.885. The van der Waals surface area contributed by atoms with Crippen molar-refractivity contribution in [3.8, 4) is 10.4 Å². The van der Waals surface area contributed by atoms with Crippen molar-refractivity contribution in [1.82, 2.24) is 15.3 Å². The van der Waals surface area contributed by atoms with E-state index in [1.54, 1.807) is 17.5 Å². The van der Waals surface area contributed by atoms with E-state index in [2.05, 4.69) is 50.9 Å². The second-order valence-corrected chi connectivity index (χ2v) is 8.26. The average Bonchev–Trinajstić information content (AvgIpc) is 3.35. The van der Waals surface area contributed by atoms with Crippen LogP contribution in [0.5, 0.6) is 0 Å². The quantitative estimate of drug-likeness (QED) is 0.426. The van der Waals surface area contributed by atoms with Crippen molar-refractivity contribution in [2.75, 3.05) is 18.4 Å². The molecule has 0 bridgehead atoms. The molecule has 0 spiro atoms. The van der Waals surface area contributed by atoms with Gasteiger partial charge in [-0.1, -0.05) is 12.1 Å². The molecule has 1 fully saturated rings. The highest BCUT2D eigenvalue weighted by Crippen LogP contribution is 2.39. The minimum atomic E-state index is -0.448. The molecule has 0 aliphatic carbocycles. The summed E-state index contributed by atoms with van der Waals surface area (Å²) >= 11 is 1.58. The summed E-state index contributed by atoms with van der Waals surface area (Å²) in [5.74, 6) is 0.369. The number of hydrogen-bond acceptors (Lipinski definition) is 5. The van der Waals surface area contributed by atoms with Gasteiger partial charge in [0, 0.05) is 40.8 Å². The van der Waals surface area contributed by atoms with E-state index >= 15 is 0 Å². The molecule has 0 radical (unpaired) electrons.